The minimum atomic E-state index is -0.592. The Balaban J connectivity index is 2.78. The molecule has 0 aromatic heterocycles. The zero-order chi connectivity index (χ0) is 13.6. The summed E-state index contributed by atoms with van der Waals surface area (Å²) >= 11 is 0. The molecule has 1 rings (SSSR count). The van der Waals surface area contributed by atoms with E-state index in [4.69, 9.17) is 0 Å². The van der Waals surface area contributed by atoms with Gasteiger partial charge in [0.05, 0.1) is 25.4 Å². The highest BCUT2D eigenvalue weighted by molar-refractivity contribution is 5.23. The maximum absolute atomic E-state index is 9.59. The van der Waals surface area contributed by atoms with Gasteiger partial charge in [0, 0.05) is 12.0 Å². The van der Waals surface area contributed by atoms with E-state index in [0.29, 0.717) is 6.54 Å². The maximum Gasteiger partial charge on any atom is 0.0652 e. The second-order valence-electron chi connectivity index (χ2n) is 5.34. The molecule has 1 unspecified atom stereocenters. The molecular formula is C14H23NO3. The lowest BCUT2D eigenvalue weighted by Gasteiger charge is -2.34. The summed E-state index contributed by atoms with van der Waals surface area (Å²) in [7, 11) is 0. The number of benzene rings is 1. The molecule has 4 heteroatoms. The lowest BCUT2D eigenvalue weighted by molar-refractivity contribution is 0.0555. The fourth-order valence-electron chi connectivity index (χ4n) is 1.63. The highest BCUT2D eigenvalue weighted by Crippen LogP contribution is 2.22. The fourth-order valence-corrected chi connectivity index (χ4v) is 1.63. The number of aliphatic hydroxyl groups excluding tert-OH is 3. The molecule has 1 atom stereocenters. The topological polar surface area (TPSA) is 72.7 Å². The quantitative estimate of drug-likeness (QED) is 0.570. The Kier molecular flexibility index (Phi) is 5.28. The SMILES string of the molecule is CC(CO)(CO)CNC(C)(CO)c1ccccc1. The highest BCUT2D eigenvalue weighted by Gasteiger charge is 2.30. The van der Waals surface area contributed by atoms with Crippen molar-refractivity contribution in [2.75, 3.05) is 26.4 Å². The van der Waals surface area contributed by atoms with E-state index in [9.17, 15) is 15.3 Å². The summed E-state index contributed by atoms with van der Waals surface area (Å²) in [5, 5.41) is 31.4. The minimum absolute atomic E-state index is 0.0516. The molecule has 0 spiro atoms. The third-order valence-corrected chi connectivity index (χ3v) is 3.40. The molecule has 0 saturated heterocycles. The third kappa shape index (κ3) is 3.53. The number of hydrogen-bond donors (Lipinski definition) is 4. The summed E-state index contributed by atoms with van der Waals surface area (Å²) < 4.78 is 0. The van der Waals surface area contributed by atoms with E-state index in [1.165, 1.54) is 0 Å². The van der Waals surface area contributed by atoms with Crippen LogP contribution in [0, 0.1) is 5.41 Å². The fraction of sp³-hybridized carbons (Fsp3) is 0.571. The Hall–Kier alpha value is -0.940. The van der Waals surface area contributed by atoms with Gasteiger partial charge in [-0.2, -0.15) is 0 Å². The van der Waals surface area contributed by atoms with Crippen LogP contribution in [0.3, 0.4) is 0 Å². The van der Waals surface area contributed by atoms with E-state index in [1.54, 1.807) is 6.92 Å². The van der Waals surface area contributed by atoms with Crippen LogP contribution in [0.5, 0.6) is 0 Å². The van der Waals surface area contributed by atoms with Crippen LogP contribution >= 0.6 is 0 Å². The molecular weight excluding hydrogens is 230 g/mol. The Morgan fingerprint density at radius 3 is 1.94 bits per heavy atom. The van der Waals surface area contributed by atoms with Gasteiger partial charge in [0.1, 0.15) is 0 Å². The zero-order valence-electron chi connectivity index (χ0n) is 11.1. The molecule has 0 amide bonds. The Labute approximate surface area is 108 Å². The van der Waals surface area contributed by atoms with Crippen molar-refractivity contribution in [3.05, 3.63) is 35.9 Å². The van der Waals surface area contributed by atoms with Crippen LogP contribution in [0.1, 0.15) is 19.4 Å². The molecule has 0 saturated carbocycles. The van der Waals surface area contributed by atoms with E-state index < -0.39 is 11.0 Å². The number of hydrogen-bond acceptors (Lipinski definition) is 4. The summed E-state index contributed by atoms with van der Waals surface area (Å²) in [6, 6.07) is 9.65. The van der Waals surface area contributed by atoms with E-state index >= 15 is 0 Å². The number of aliphatic hydroxyl groups is 3. The predicted molar refractivity (Wildman–Crippen MR) is 71.2 cm³/mol. The van der Waals surface area contributed by atoms with Crippen molar-refractivity contribution >= 4 is 0 Å². The molecule has 102 valence electrons. The molecule has 0 bridgehead atoms. The van der Waals surface area contributed by atoms with Gasteiger partial charge in [-0.25, -0.2) is 0 Å². The van der Waals surface area contributed by atoms with Gasteiger partial charge in [-0.3, -0.25) is 0 Å². The summed E-state index contributed by atoms with van der Waals surface area (Å²) in [5.74, 6) is 0. The van der Waals surface area contributed by atoms with Crippen molar-refractivity contribution in [1.29, 1.82) is 0 Å². The molecule has 0 aliphatic rings. The van der Waals surface area contributed by atoms with Crippen molar-refractivity contribution in [3.8, 4) is 0 Å². The highest BCUT2D eigenvalue weighted by atomic mass is 16.3. The second kappa shape index (κ2) is 6.29. The summed E-state index contributed by atoms with van der Waals surface area (Å²) in [6.07, 6.45) is 0. The van der Waals surface area contributed by atoms with Crippen LogP contribution in [0.2, 0.25) is 0 Å². The monoisotopic (exact) mass is 253 g/mol. The van der Waals surface area contributed by atoms with Gasteiger partial charge >= 0.3 is 0 Å². The van der Waals surface area contributed by atoms with Gasteiger partial charge in [-0.05, 0) is 12.5 Å². The van der Waals surface area contributed by atoms with E-state index in [-0.39, 0.29) is 19.8 Å². The lowest BCUT2D eigenvalue weighted by atomic mass is 9.88. The van der Waals surface area contributed by atoms with Crippen molar-refractivity contribution in [1.82, 2.24) is 5.32 Å². The average molecular weight is 253 g/mol. The van der Waals surface area contributed by atoms with Crippen LogP contribution < -0.4 is 5.32 Å². The molecule has 4 N–H and O–H groups in total. The largest absolute Gasteiger partial charge is 0.396 e. The average Bonchev–Trinajstić information content (AvgIpc) is 2.45. The molecule has 0 aliphatic heterocycles. The van der Waals surface area contributed by atoms with Gasteiger partial charge in [0.25, 0.3) is 0 Å². The van der Waals surface area contributed by atoms with Crippen molar-refractivity contribution in [3.63, 3.8) is 0 Å². The minimum Gasteiger partial charge on any atom is -0.396 e. The van der Waals surface area contributed by atoms with Crippen LogP contribution in [0.15, 0.2) is 30.3 Å². The second-order valence-corrected chi connectivity index (χ2v) is 5.34. The van der Waals surface area contributed by atoms with Crippen LogP contribution in [-0.4, -0.2) is 41.7 Å². The van der Waals surface area contributed by atoms with Gasteiger partial charge < -0.3 is 20.6 Å². The first-order valence-corrected chi connectivity index (χ1v) is 6.13. The van der Waals surface area contributed by atoms with Gasteiger partial charge in [0.15, 0.2) is 0 Å². The zero-order valence-corrected chi connectivity index (χ0v) is 11.1. The van der Waals surface area contributed by atoms with E-state index in [0.717, 1.165) is 5.56 Å². The first-order valence-electron chi connectivity index (χ1n) is 6.13. The molecule has 0 fully saturated rings. The number of nitrogens with one attached hydrogen (secondary N) is 1. The molecule has 18 heavy (non-hydrogen) atoms. The first-order chi connectivity index (χ1) is 8.49. The van der Waals surface area contributed by atoms with E-state index in [2.05, 4.69) is 5.32 Å². The van der Waals surface area contributed by atoms with E-state index in [1.807, 2.05) is 37.3 Å². The summed E-state index contributed by atoms with van der Waals surface area (Å²) in [4.78, 5) is 0. The molecule has 0 aliphatic carbocycles. The van der Waals surface area contributed by atoms with Crippen molar-refractivity contribution in [2.24, 2.45) is 5.41 Å². The molecule has 1 aromatic rings. The van der Waals surface area contributed by atoms with Gasteiger partial charge in [-0.1, -0.05) is 37.3 Å². The molecule has 4 nitrogen and oxygen atoms in total. The standard InChI is InChI=1S/C14H23NO3/c1-13(9-16,10-17)8-15-14(2,11-18)12-6-4-3-5-7-12/h3-7,15-18H,8-11H2,1-2H3. The molecule has 1 aromatic carbocycles. The van der Waals surface area contributed by atoms with Crippen molar-refractivity contribution in [2.45, 2.75) is 19.4 Å². The normalized spacial score (nSPS) is 15.4. The van der Waals surface area contributed by atoms with Gasteiger partial charge in [-0.15, -0.1) is 0 Å². The first kappa shape index (κ1) is 15.1. The summed E-state index contributed by atoms with van der Waals surface area (Å²) in [5.41, 5.74) is -0.191. The van der Waals surface area contributed by atoms with Crippen LogP contribution in [0.25, 0.3) is 0 Å². The van der Waals surface area contributed by atoms with Crippen molar-refractivity contribution < 1.29 is 15.3 Å². The Bertz CT molecular complexity index is 351. The molecule has 0 radical (unpaired) electrons. The summed E-state index contributed by atoms with van der Waals surface area (Å²) in [6.45, 7) is 3.86. The number of rotatable bonds is 7. The van der Waals surface area contributed by atoms with Crippen LogP contribution in [-0.2, 0) is 5.54 Å². The predicted octanol–water partition coefficient (Wildman–Crippen LogP) is 0.475. The Morgan fingerprint density at radius 1 is 0.944 bits per heavy atom. The lowest BCUT2D eigenvalue weighted by Crippen LogP contribution is -2.49. The third-order valence-electron chi connectivity index (χ3n) is 3.40. The van der Waals surface area contributed by atoms with Crippen LogP contribution in [0.4, 0.5) is 0 Å². The molecule has 0 heterocycles. The maximum atomic E-state index is 9.59. The van der Waals surface area contributed by atoms with Gasteiger partial charge in [0.2, 0.25) is 0 Å². The Morgan fingerprint density at radius 2 is 1.50 bits per heavy atom. The smallest absolute Gasteiger partial charge is 0.0652 e.